The lowest BCUT2D eigenvalue weighted by Gasteiger charge is -2.49. The number of amides is 2. The van der Waals surface area contributed by atoms with Crippen LogP contribution in [0.15, 0.2) is 109 Å². The van der Waals surface area contributed by atoms with Crippen LogP contribution in [0, 0.1) is 0 Å². The summed E-state index contributed by atoms with van der Waals surface area (Å²) in [4.78, 5) is 17.7. The zero-order valence-electron chi connectivity index (χ0n) is 21.1. The van der Waals surface area contributed by atoms with Crippen molar-refractivity contribution in [2.75, 3.05) is 0 Å². The molecular formula is C32H32N2O4. The predicted octanol–water partition coefficient (Wildman–Crippen LogP) is 5.12. The molecule has 0 unspecified atom stereocenters. The van der Waals surface area contributed by atoms with E-state index in [1.165, 1.54) is 0 Å². The van der Waals surface area contributed by atoms with E-state index in [4.69, 9.17) is 0 Å². The molecule has 4 aromatic rings. The van der Waals surface area contributed by atoms with Crippen molar-refractivity contribution in [2.45, 2.75) is 44.1 Å². The van der Waals surface area contributed by atoms with Gasteiger partial charge >= 0.3 is 6.03 Å². The summed E-state index contributed by atoms with van der Waals surface area (Å²) in [5, 5.41) is 32.0. The first-order chi connectivity index (χ1) is 18.5. The summed E-state index contributed by atoms with van der Waals surface area (Å²) in [5.74, 6) is 0.261. The molecule has 194 valence electrons. The maximum atomic E-state index is 14.3. The Morgan fingerprint density at radius 3 is 1.34 bits per heavy atom. The molecule has 3 N–H and O–H groups in total. The second kappa shape index (κ2) is 11.4. The maximum absolute atomic E-state index is 14.3. The van der Waals surface area contributed by atoms with Crippen molar-refractivity contribution < 1.29 is 20.1 Å². The lowest BCUT2D eigenvalue weighted by molar-refractivity contribution is -0.0428. The minimum atomic E-state index is -0.845. The summed E-state index contributed by atoms with van der Waals surface area (Å²) in [6.07, 6.45) is 0.151. The topological polar surface area (TPSA) is 84.2 Å². The van der Waals surface area contributed by atoms with Crippen LogP contribution in [0.25, 0.3) is 0 Å². The number of phenols is 2. The average molecular weight is 509 g/mol. The highest BCUT2D eigenvalue weighted by atomic mass is 16.3. The molecule has 0 spiro atoms. The van der Waals surface area contributed by atoms with E-state index in [1.807, 2.05) is 72.8 Å². The van der Waals surface area contributed by atoms with Gasteiger partial charge in [0.05, 0.1) is 18.2 Å². The molecule has 1 saturated heterocycles. The van der Waals surface area contributed by atoms with E-state index in [0.29, 0.717) is 12.8 Å². The van der Waals surface area contributed by atoms with Gasteiger partial charge in [-0.3, -0.25) is 0 Å². The monoisotopic (exact) mass is 508 g/mol. The first-order valence-electron chi connectivity index (χ1n) is 12.9. The fourth-order valence-corrected chi connectivity index (χ4v) is 5.32. The van der Waals surface area contributed by atoms with E-state index in [1.54, 1.807) is 46.2 Å². The highest BCUT2D eigenvalue weighted by Crippen LogP contribution is 2.31. The molecule has 2 atom stereocenters. The molecule has 2 amide bonds. The predicted molar refractivity (Wildman–Crippen MR) is 147 cm³/mol. The van der Waals surface area contributed by atoms with Gasteiger partial charge in [-0.25, -0.2) is 4.79 Å². The molecule has 6 heteroatoms. The van der Waals surface area contributed by atoms with Gasteiger partial charge in [0.15, 0.2) is 0 Å². The second-order valence-corrected chi connectivity index (χ2v) is 9.88. The third kappa shape index (κ3) is 5.82. The van der Waals surface area contributed by atoms with Gasteiger partial charge in [-0.05, 0) is 59.4 Å². The van der Waals surface area contributed by atoms with Crippen molar-refractivity contribution in [3.63, 3.8) is 0 Å². The molecule has 5 rings (SSSR count). The molecule has 1 aliphatic rings. The molecule has 6 nitrogen and oxygen atoms in total. The van der Waals surface area contributed by atoms with Gasteiger partial charge in [0.1, 0.15) is 11.5 Å². The number of benzene rings is 4. The summed E-state index contributed by atoms with van der Waals surface area (Å²) >= 11 is 0. The highest BCUT2D eigenvalue weighted by molar-refractivity contribution is 5.77. The third-order valence-electron chi connectivity index (χ3n) is 7.18. The van der Waals surface area contributed by atoms with E-state index in [2.05, 4.69) is 0 Å². The van der Waals surface area contributed by atoms with E-state index in [-0.39, 0.29) is 30.6 Å². The summed E-state index contributed by atoms with van der Waals surface area (Å²) < 4.78 is 0. The molecule has 4 aromatic carbocycles. The van der Waals surface area contributed by atoms with Crippen LogP contribution in [0.2, 0.25) is 0 Å². The van der Waals surface area contributed by atoms with Gasteiger partial charge in [0, 0.05) is 13.1 Å². The highest BCUT2D eigenvalue weighted by Gasteiger charge is 2.45. The molecule has 0 aromatic heterocycles. The average Bonchev–Trinajstić information content (AvgIpc) is 2.92. The number of phenolic OH excluding ortho intramolecular Hbond substituents is 2. The smallest absolute Gasteiger partial charge is 0.321 e. The summed E-state index contributed by atoms with van der Waals surface area (Å²) in [6, 6.07) is 32.4. The largest absolute Gasteiger partial charge is 0.508 e. The number of urea groups is 1. The molecule has 0 bridgehead atoms. The zero-order chi connectivity index (χ0) is 26.5. The van der Waals surface area contributed by atoms with Crippen LogP contribution in [0.1, 0.15) is 22.3 Å². The quantitative estimate of drug-likeness (QED) is 0.309. The van der Waals surface area contributed by atoms with E-state index < -0.39 is 18.2 Å². The minimum Gasteiger partial charge on any atom is -0.508 e. The molecule has 38 heavy (non-hydrogen) atoms. The number of aliphatic hydroxyl groups excluding tert-OH is 1. The first kappa shape index (κ1) is 25.4. The van der Waals surface area contributed by atoms with E-state index in [9.17, 15) is 20.1 Å². The number of aromatic hydroxyl groups is 2. The number of carbonyl (C=O) groups excluding carboxylic acids is 1. The zero-order valence-corrected chi connectivity index (χ0v) is 21.1. The fourth-order valence-electron chi connectivity index (χ4n) is 5.32. The number of carbonyl (C=O) groups is 1. The summed E-state index contributed by atoms with van der Waals surface area (Å²) in [5.41, 5.74) is 3.63. The van der Waals surface area contributed by atoms with E-state index >= 15 is 0 Å². The molecule has 1 fully saturated rings. The van der Waals surface area contributed by atoms with Crippen LogP contribution >= 0.6 is 0 Å². The SMILES string of the molecule is O=C1N(Cc2cccc(O)c2)[C@@H](Cc2ccccc2)C(O)[C@H](Cc2ccccc2)N1Cc1cccc(O)c1. The van der Waals surface area contributed by atoms with Crippen LogP contribution in [-0.4, -0.2) is 49.3 Å². The van der Waals surface area contributed by atoms with Gasteiger partial charge in [-0.15, -0.1) is 0 Å². The number of hydrogen-bond donors (Lipinski definition) is 3. The van der Waals surface area contributed by atoms with Crippen LogP contribution in [0.5, 0.6) is 11.5 Å². The van der Waals surface area contributed by atoms with Gasteiger partial charge in [0.2, 0.25) is 0 Å². The van der Waals surface area contributed by atoms with Crippen molar-refractivity contribution in [1.29, 1.82) is 0 Å². The van der Waals surface area contributed by atoms with Crippen LogP contribution in [0.3, 0.4) is 0 Å². The molecule has 0 saturated carbocycles. The van der Waals surface area contributed by atoms with Crippen molar-refractivity contribution in [3.8, 4) is 11.5 Å². The Hall–Kier alpha value is -4.29. The third-order valence-corrected chi connectivity index (χ3v) is 7.18. The number of aliphatic hydroxyl groups is 1. The fraction of sp³-hybridized carbons (Fsp3) is 0.219. The Balaban J connectivity index is 1.54. The summed E-state index contributed by atoms with van der Waals surface area (Å²) in [7, 11) is 0. The van der Waals surface area contributed by atoms with Crippen molar-refractivity contribution in [3.05, 3.63) is 131 Å². The van der Waals surface area contributed by atoms with Crippen molar-refractivity contribution in [1.82, 2.24) is 9.80 Å². The van der Waals surface area contributed by atoms with Gasteiger partial charge in [0.25, 0.3) is 0 Å². The van der Waals surface area contributed by atoms with Gasteiger partial charge in [-0.1, -0.05) is 84.9 Å². The number of rotatable bonds is 8. The Labute approximate surface area is 223 Å². The first-order valence-corrected chi connectivity index (χ1v) is 12.9. The van der Waals surface area contributed by atoms with Gasteiger partial charge < -0.3 is 25.1 Å². The van der Waals surface area contributed by atoms with Crippen molar-refractivity contribution in [2.24, 2.45) is 0 Å². The summed E-state index contributed by atoms with van der Waals surface area (Å²) in [6.45, 7) is 0.493. The maximum Gasteiger partial charge on any atom is 0.321 e. The second-order valence-electron chi connectivity index (χ2n) is 9.88. The molecule has 0 aliphatic carbocycles. The Morgan fingerprint density at radius 1 is 0.553 bits per heavy atom. The Bertz CT molecular complexity index is 1260. The normalized spacial score (nSPS) is 18.1. The van der Waals surface area contributed by atoms with Crippen LogP contribution in [-0.2, 0) is 25.9 Å². The van der Waals surface area contributed by atoms with Gasteiger partial charge in [-0.2, -0.15) is 0 Å². The van der Waals surface area contributed by atoms with Crippen LogP contribution in [0.4, 0.5) is 4.79 Å². The molecular weight excluding hydrogens is 476 g/mol. The molecule has 1 aliphatic heterocycles. The van der Waals surface area contributed by atoms with Crippen molar-refractivity contribution >= 4 is 6.03 Å². The Morgan fingerprint density at radius 2 is 0.947 bits per heavy atom. The van der Waals surface area contributed by atoms with E-state index in [0.717, 1.165) is 22.3 Å². The number of nitrogens with zero attached hydrogens (tertiary/aromatic N) is 2. The standard InChI is InChI=1S/C32H32N2O4/c35-27-15-7-13-25(17-27)21-33-29(19-23-9-3-1-4-10-23)31(37)30(20-24-11-5-2-6-12-24)34(32(33)38)22-26-14-8-16-28(36)18-26/h1-18,29-31,35-37H,19-22H2/t29-,30-/m0/s1. The Kier molecular flexibility index (Phi) is 7.61. The molecule has 1 heterocycles. The minimum absolute atomic E-state index is 0.130. The lowest BCUT2D eigenvalue weighted by atomic mass is 9.87. The van der Waals surface area contributed by atoms with Crippen LogP contribution < -0.4 is 0 Å². The lowest BCUT2D eigenvalue weighted by Crippen LogP contribution is -2.66. The number of hydrogen-bond acceptors (Lipinski definition) is 4. The molecule has 0 radical (unpaired) electrons.